The second kappa shape index (κ2) is 10.5. The Kier molecular flexibility index (Phi) is 8.37. The molecule has 2 aromatic rings. The molecule has 0 saturated carbocycles. The minimum absolute atomic E-state index is 0.0537. The Bertz CT molecular complexity index is 946. The number of benzene rings is 2. The van der Waals surface area contributed by atoms with Crippen LogP contribution in [0.5, 0.6) is 5.75 Å². The van der Waals surface area contributed by atoms with Gasteiger partial charge in [-0.1, -0.05) is 26.0 Å². The van der Waals surface area contributed by atoms with E-state index in [1.54, 1.807) is 24.3 Å². The first-order chi connectivity index (χ1) is 14.2. The molecule has 1 unspecified atom stereocenters. The molecule has 0 radical (unpaired) electrons. The van der Waals surface area contributed by atoms with Crippen molar-refractivity contribution < 1.29 is 22.3 Å². The van der Waals surface area contributed by atoms with Crippen molar-refractivity contribution in [3.05, 3.63) is 59.9 Å². The summed E-state index contributed by atoms with van der Waals surface area (Å²) in [4.78, 5) is 14.8. The van der Waals surface area contributed by atoms with Gasteiger partial charge in [-0.2, -0.15) is 4.72 Å². The molecule has 0 aliphatic carbocycles. The van der Waals surface area contributed by atoms with Gasteiger partial charge in [-0.15, -0.1) is 0 Å². The van der Waals surface area contributed by atoms with Crippen molar-refractivity contribution in [3.8, 4) is 5.75 Å². The van der Waals surface area contributed by atoms with Crippen LogP contribution in [0.2, 0.25) is 0 Å². The van der Waals surface area contributed by atoms with E-state index in [-0.39, 0.29) is 29.1 Å². The van der Waals surface area contributed by atoms with Gasteiger partial charge in [0.25, 0.3) is 0 Å². The van der Waals surface area contributed by atoms with Gasteiger partial charge in [-0.05, 0) is 61.2 Å². The molecule has 0 saturated heterocycles. The second-order valence-corrected chi connectivity index (χ2v) is 9.18. The molecule has 1 N–H and O–H groups in total. The predicted molar refractivity (Wildman–Crippen MR) is 114 cm³/mol. The van der Waals surface area contributed by atoms with E-state index in [0.717, 1.165) is 0 Å². The van der Waals surface area contributed by atoms with E-state index in [0.29, 0.717) is 24.3 Å². The molecule has 0 aliphatic rings. The number of methoxy groups -OCH3 is 1. The van der Waals surface area contributed by atoms with Gasteiger partial charge in [0.2, 0.25) is 15.9 Å². The molecule has 8 heteroatoms. The van der Waals surface area contributed by atoms with Crippen molar-refractivity contribution >= 4 is 15.9 Å². The molecule has 0 aliphatic heterocycles. The zero-order valence-corrected chi connectivity index (χ0v) is 18.6. The van der Waals surface area contributed by atoms with Crippen molar-refractivity contribution in [3.63, 3.8) is 0 Å². The van der Waals surface area contributed by atoms with Crippen molar-refractivity contribution in [1.29, 1.82) is 0 Å². The number of rotatable bonds is 10. The fourth-order valence-electron chi connectivity index (χ4n) is 3.10. The molecule has 0 heterocycles. The lowest BCUT2D eigenvalue weighted by Crippen LogP contribution is -2.48. The topological polar surface area (TPSA) is 75.7 Å². The molecule has 6 nitrogen and oxygen atoms in total. The third kappa shape index (κ3) is 6.53. The van der Waals surface area contributed by atoms with Crippen molar-refractivity contribution in [2.24, 2.45) is 5.92 Å². The zero-order valence-electron chi connectivity index (χ0n) is 17.8. The Morgan fingerprint density at radius 1 is 1.17 bits per heavy atom. The summed E-state index contributed by atoms with van der Waals surface area (Å²) in [5.74, 6) is -0.0936. The maximum atomic E-state index is 13.5. The van der Waals surface area contributed by atoms with E-state index in [9.17, 15) is 17.6 Å². The molecule has 0 fully saturated rings. The van der Waals surface area contributed by atoms with Crippen LogP contribution < -0.4 is 9.46 Å². The summed E-state index contributed by atoms with van der Waals surface area (Å²) in [7, 11) is -2.41. The average Bonchev–Trinajstić information content (AvgIpc) is 2.70. The van der Waals surface area contributed by atoms with Crippen molar-refractivity contribution in [2.75, 3.05) is 13.7 Å². The number of ether oxygens (including phenoxy) is 1. The zero-order chi connectivity index (χ0) is 22.3. The Morgan fingerprint density at radius 2 is 1.83 bits per heavy atom. The highest BCUT2D eigenvalue weighted by molar-refractivity contribution is 7.89. The maximum Gasteiger partial charge on any atom is 0.241 e. The molecule has 0 bridgehead atoms. The third-order valence-electron chi connectivity index (χ3n) is 4.63. The molecule has 164 valence electrons. The van der Waals surface area contributed by atoms with E-state index >= 15 is 0 Å². The molecule has 1 amide bonds. The molecule has 2 rings (SSSR count). The number of likely N-dealkylation sites (N-methyl/N-ethyl adjacent to an activating group) is 1. The maximum absolute atomic E-state index is 13.5. The van der Waals surface area contributed by atoms with E-state index in [1.165, 1.54) is 36.3 Å². The van der Waals surface area contributed by atoms with Gasteiger partial charge in [-0.3, -0.25) is 4.79 Å². The Morgan fingerprint density at radius 3 is 2.37 bits per heavy atom. The first kappa shape index (κ1) is 23.8. The number of halogens is 1. The summed E-state index contributed by atoms with van der Waals surface area (Å²) in [6.45, 7) is 6.22. The molecular formula is C22H29FN2O4S. The van der Waals surface area contributed by atoms with E-state index in [2.05, 4.69) is 4.72 Å². The van der Waals surface area contributed by atoms with Gasteiger partial charge in [-0.25, -0.2) is 12.8 Å². The normalized spacial score (nSPS) is 12.6. The van der Waals surface area contributed by atoms with Crippen molar-refractivity contribution in [1.82, 2.24) is 9.62 Å². The number of carbonyl (C=O) groups excluding carboxylic acids is 1. The van der Waals surface area contributed by atoms with E-state index < -0.39 is 16.1 Å². The van der Waals surface area contributed by atoms with Gasteiger partial charge in [0.05, 0.1) is 12.0 Å². The summed E-state index contributed by atoms with van der Waals surface area (Å²) in [5, 5.41) is 0. The summed E-state index contributed by atoms with van der Waals surface area (Å²) in [5.41, 5.74) is 0.645. The second-order valence-electron chi connectivity index (χ2n) is 7.46. The molecular weight excluding hydrogens is 407 g/mol. The van der Waals surface area contributed by atoms with Crippen LogP contribution in [-0.2, 0) is 21.4 Å². The van der Waals surface area contributed by atoms with Gasteiger partial charge in [0.1, 0.15) is 17.6 Å². The number of carbonyl (C=O) groups is 1. The van der Waals surface area contributed by atoms with Crippen LogP contribution in [0.15, 0.2) is 53.4 Å². The third-order valence-corrected chi connectivity index (χ3v) is 6.12. The van der Waals surface area contributed by atoms with Gasteiger partial charge >= 0.3 is 0 Å². The first-order valence-corrected chi connectivity index (χ1v) is 11.3. The number of sulfonamides is 1. The van der Waals surface area contributed by atoms with Crippen LogP contribution in [0.4, 0.5) is 4.39 Å². The molecule has 2 aromatic carbocycles. The van der Waals surface area contributed by atoms with E-state index in [1.807, 2.05) is 20.8 Å². The van der Waals surface area contributed by atoms with Crippen LogP contribution in [0, 0.1) is 11.7 Å². The number of hydrogen-bond donors (Lipinski definition) is 1. The number of amides is 1. The lowest BCUT2D eigenvalue weighted by Gasteiger charge is -2.28. The van der Waals surface area contributed by atoms with Crippen LogP contribution in [-0.4, -0.2) is 38.9 Å². The lowest BCUT2D eigenvalue weighted by molar-refractivity contribution is -0.133. The average molecular weight is 437 g/mol. The minimum atomic E-state index is -3.91. The van der Waals surface area contributed by atoms with Gasteiger partial charge < -0.3 is 9.64 Å². The lowest BCUT2D eigenvalue weighted by atomic mass is 10.0. The van der Waals surface area contributed by atoms with Gasteiger partial charge in [0.15, 0.2) is 0 Å². The summed E-state index contributed by atoms with van der Waals surface area (Å²) >= 11 is 0. The summed E-state index contributed by atoms with van der Waals surface area (Å²) < 4.78 is 46.9. The number of nitrogens with one attached hydrogen (secondary N) is 1. The Balaban J connectivity index is 2.24. The standard InChI is InChI=1S/C22H29FN2O4S/c1-5-25(15-17-7-6-8-18(23)14-17)22(26)21(13-16(2)3)24-30(27,28)20-11-9-19(29-4)10-12-20/h6-12,14,16,21,24H,5,13,15H2,1-4H3. The fourth-order valence-corrected chi connectivity index (χ4v) is 4.30. The quantitative estimate of drug-likeness (QED) is 0.618. The summed E-state index contributed by atoms with van der Waals surface area (Å²) in [6, 6.07) is 11.1. The monoisotopic (exact) mass is 436 g/mol. The smallest absolute Gasteiger partial charge is 0.241 e. The fraction of sp³-hybridized carbons (Fsp3) is 0.409. The highest BCUT2D eigenvalue weighted by atomic mass is 32.2. The van der Waals surface area contributed by atoms with Crippen LogP contribution >= 0.6 is 0 Å². The van der Waals surface area contributed by atoms with Crippen LogP contribution in [0.1, 0.15) is 32.8 Å². The molecule has 0 spiro atoms. The number of hydrogen-bond acceptors (Lipinski definition) is 4. The van der Waals surface area contributed by atoms with Gasteiger partial charge in [0, 0.05) is 13.1 Å². The highest BCUT2D eigenvalue weighted by Crippen LogP contribution is 2.18. The van der Waals surface area contributed by atoms with E-state index in [4.69, 9.17) is 4.74 Å². The van der Waals surface area contributed by atoms with Crippen LogP contribution in [0.3, 0.4) is 0 Å². The Labute approximate surface area is 178 Å². The Hall–Kier alpha value is -2.45. The largest absolute Gasteiger partial charge is 0.497 e. The molecule has 0 aromatic heterocycles. The predicted octanol–water partition coefficient (Wildman–Crippen LogP) is 3.58. The molecule has 30 heavy (non-hydrogen) atoms. The highest BCUT2D eigenvalue weighted by Gasteiger charge is 2.29. The van der Waals surface area contributed by atoms with Crippen molar-refractivity contribution in [2.45, 2.75) is 44.7 Å². The summed E-state index contributed by atoms with van der Waals surface area (Å²) in [6.07, 6.45) is 0.341. The first-order valence-electron chi connectivity index (χ1n) is 9.86. The molecule has 1 atom stereocenters. The minimum Gasteiger partial charge on any atom is -0.497 e. The number of nitrogens with zero attached hydrogens (tertiary/aromatic N) is 1. The SMILES string of the molecule is CCN(Cc1cccc(F)c1)C(=O)C(CC(C)C)NS(=O)(=O)c1ccc(OC)cc1. The van der Waals surface area contributed by atoms with Crippen LogP contribution in [0.25, 0.3) is 0 Å².